The number of oxime groups is 1. The molecule has 112 valence electrons. The van der Waals surface area contributed by atoms with Crippen LogP contribution < -0.4 is 14.8 Å². The number of rotatable bonds is 1. The van der Waals surface area contributed by atoms with Crippen LogP contribution in [0.4, 0.5) is 13.2 Å². The molecule has 1 aromatic carbocycles. The summed E-state index contributed by atoms with van der Waals surface area (Å²) in [6.45, 7) is 0.00338. The van der Waals surface area contributed by atoms with Crippen molar-refractivity contribution in [2.75, 3.05) is 6.79 Å². The van der Waals surface area contributed by atoms with Crippen molar-refractivity contribution in [3.63, 3.8) is 0 Å². The zero-order chi connectivity index (χ0) is 15.2. The monoisotopic (exact) mass is 302 g/mol. The van der Waals surface area contributed by atoms with Crippen LogP contribution in [0.15, 0.2) is 17.3 Å². The van der Waals surface area contributed by atoms with Crippen LogP contribution in [-0.2, 0) is 4.79 Å². The maximum atomic E-state index is 12.3. The number of halogens is 3. The molecule has 0 unspecified atom stereocenters. The number of benzene rings is 1. The summed E-state index contributed by atoms with van der Waals surface area (Å²) in [5.41, 5.74) is 0.995. The van der Waals surface area contributed by atoms with Crippen LogP contribution in [-0.4, -0.2) is 29.8 Å². The van der Waals surface area contributed by atoms with E-state index < -0.39 is 18.1 Å². The summed E-state index contributed by atoms with van der Waals surface area (Å²) in [4.78, 5) is 11.1. The van der Waals surface area contributed by atoms with Crippen molar-refractivity contribution in [1.82, 2.24) is 5.32 Å². The molecule has 2 N–H and O–H groups in total. The maximum absolute atomic E-state index is 12.3. The van der Waals surface area contributed by atoms with Crippen molar-refractivity contribution in [2.45, 2.75) is 18.6 Å². The number of nitrogens with zero attached hydrogens (tertiary/aromatic N) is 1. The van der Waals surface area contributed by atoms with Gasteiger partial charge in [0.15, 0.2) is 11.5 Å². The van der Waals surface area contributed by atoms with Crippen molar-refractivity contribution in [1.29, 1.82) is 0 Å². The van der Waals surface area contributed by atoms with Crippen LogP contribution in [0.3, 0.4) is 0 Å². The second kappa shape index (κ2) is 4.54. The lowest BCUT2D eigenvalue weighted by Crippen LogP contribution is -2.38. The van der Waals surface area contributed by atoms with Gasteiger partial charge < -0.3 is 20.0 Å². The van der Waals surface area contributed by atoms with E-state index in [0.717, 1.165) is 0 Å². The van der Waals surface area contributed by atoms with E-state index in [9.17, 15) is 18.0 Å². The highest BCUT2D eigenvalue weighted by molar-refractivity contribution is 6.06. The Hall–Kier alpha value is -2.45. The third kappa shape index (κ3) is 2.24. The van der Waals surface area contributed by atoms with Crippen LogP contribution in [0.5, 0.6) is 11.5 Å². The summed E-state index contributed by atoms with van der Waals surface area (Å²) in [5, 5.41) is 13.9. The fraction of sp³-hybridized carbons (Fsp3) is 0.333. The summed E-state index contributed by atoms with van der Waals surface area (Å²) in [6, 6.07) is 2.07. The SMILES string of the molecule is O=C(N[C@@H]1CC(=NO)c2cc3c(cc21)OCO3)C(F)(F)F. The van der Waals surface area contributed by atoms with Crippen molar-refractivity contribution in [2.24, 2.45) is 5.16 Å². The van der Waals surface area contributed by atoms with E-state index in [1.54, 1.807) is 0 Å². The van der Waals surface area contributed by atoms with Gasteiger partial charge in [-0.2, -0.15) is 13.2 Å². The minimum Gasteiger partial charge on any atom is -0.454 e. The van der Waals surface area contributed by atoms with E-state index in [1.165, 1.54) is 12.1 Å². The second-order valence-corrected chi connectivity index (χ2v) is 4.57. The Morgan fingerprint density at radius 2 is 2.00 bits per heavy atom. The Labute approximate surface area is 116 Å². The highest BCUT2D eigenvalue weighted by Gasteiger charge is 2.42. The summed E-state index contributed by atoms with van der Waals surface area (Å²) < 4.78 is 47.3. The molecule has 0 bridgehead atoms. The topological polar surface area (TPSA) is 80.2 Å². The molecule has 1 amide bonds. The van der Waals surface area contributed by atoms with E-state index >= 15 is 0 Å². The summed E-state index contributed by atoms with van der Waals surface area (Å²) >= 11 is 0. The van der Waals surface area contributed by atoms with Gasteiger partial charge in [0.1, 0.15) is 0 Å². The molecule has 0 saturated heterocycles. The molecule has 1 heterocycles. The summed E-state index contributed by atoms with van der Waals surface area (Å²) in [5.74, 6) is -1.26. The second-order valence-electron chi connectivity index (χ2n) is 4.57. The van der Waals surface area contributed by atoms with Crippen molar-refractivity contribution in [3.8, 4) is 11.5 Å². The van der Waals surface area contributed by atoms with Gasteiger partial charge in [0.2, 0.25) is 6.79 Å². The normalized spacial score (nSPS) is 21.5. The van der Waals surface area contributed by atoms with Gasteiger partial charge in [0, 0.05) is 12.0 Å². The molecule has 21 heavy (non-hydrogen) atoms. The summed E-state index contributed by atoms with van der Waals surface area (Å²) in [7, 11) is 0. The first-order chi connectivity index (χ1) is 9.90. The minimum atomic E-state index is -4.98. The molecule has 0 fully saturated rings. The molecule has 9 heteroatoms. The molecule has 6 nitrogen and oxygen atoms in total. The molecule has 1 aliphatic heterocycles. The molecule has 0 saturated carbocycles. The zero-order valence-electron chi connectivity index (χ0n) is 10.4. The molecular formula is C12H9F3N2O4. The van der Waals surface area contributed by atoms with Crippen LogP contribution >= 0.6 is 0 Å². The minimum absolute atomic E-state index is 0.00338. The number of carbonyl (C=O) groups excluding carboxylic acids is 1. The maximum Gasteiger partial charge on any atom is 0.471 e. The first kappa shape index (κ1) is 13.5. The Morgan fingerprint density at radius 3 is 2.62 bits per heavy atom. The largest absolute Gasteiger partial charge is 0.471 e. The van der Waals surface area contributed by atoms with Gasteiger partial charge in [0.25, 0.3) is 0 Å². The zero-order valence-corrected chi connectivity index (χ0v) is 10.4. The molecule has 1 atom stereocenters. The fourth-order valence-corrected chi connectivity index (χ4v) is 2.37. The molecular weight excluding hydrogens is 293 g/mol. The number of hydrogen-bond acceptors (Lipinski definition) is 5. The first-order valence-corrected chi connectivity index (χ1v) is 5.92. The number of amides is 1. The number of hydrogen-bond donors (Lipinski definition) is 2. The third-order valence-electron chi connectivity index (χ3n) is 3.31. The quantitative estimate of drug-likeness (QED) is 0.611. The highest BCUT2D eigenvalue weighted by Crippen LogP contribution is 2.42. The third-order valence-corrected chi connectivity index (χ3v) is 3.31. The lowest BCUT2D eigenvalue weighted by atomic mass is 10.1. The molecule has 1 aromatic rings. The van der Waals surface area contributed by atoms with Crippen LogP contribution in [0, 0.1) is 0 Å². The molecule has 0 radical (unpaired) electrons. The van der Waals surface area contributed by atoms with Gasteiger partial charge >= 0.3 is 12.1 Å². The van der Waals surface area contributed by atoms with Gasteiger partial charge in [-0.1, -0.05) is 5.16 Å². The Kier molecular flexibility index (Phi) is 2.92. The number of nitrogens with one attached hydrogen (secondary N) is 1. The number of fused-ring (bicyclic) bond motifs is 2. The molecule has 1 aliphatic carbocycles. The van der Waals surface area contributed by atoms with E-state index in [-0.39, 0.29) is 18.9 Å². The lowest BCUT2D eigenvalue weighted by molar-refractivity contribution is -0.174. The Morgan fingerprint density at radius 1 is 1.33 bits per heavy atom. The van der Waals surface area contributed by atoms with Crippen molar-refractivity contribution in [3.05, 3.63) is 23.3 Å². The van der Waals surface area contributed by atoms with E-state index in [2.05, 4.69) is 5.16 Å². The van der Waals surface area contributed by atoms with Gasteiger partial charge in [-0.05, 0) is 17.7 Å². The van der Waals surface area contributed by atoms with Gasteiger partial charge in [0.05, 0.1) is 11.8 Å². The number of alkyl halides is 3. The van der Waals surface area contributed by atoms with E-state index in [4.69, 9.17) is 14.7 Å². The first-order valence-electron chi connectivity index (χ1n) is 5.92. The molecule has 3 rings (SSSR count). The van der Waals surface area contributed by atoms with Crippen LogP contribution in [0.1, 0.15) is 23.6 Å². The highest BCUT2D eigenvalue weighted by atomic mass is 19.4. The number of ether oxygens (including phenoxy) is 2. The van der Waals surface area contributed by atoms with E-state index in [0.29, 0.717) is 22.6 Å². The smallest absolute Gasteiger partial charge is 0.454 e. The van der Waals surface area contributed by atoms with Crippen molar-refractivity contribution >= 4 is 11.6 Å². The van der Waals surface area contributed by atoms with Gasteiger partial charge in [-0.15, -0.1) is 0 Å². The van der Waals surface area contributed by atoms with Gasteiger partial charge in [-0.3, -0.25) is 4.79 Å². The average Bonchev–Trinajstić information content (AvgIpc) is 2.99. The molecule has 0 aromatic heterocycles. The molecule has 2 aliphatic rings. The van der Waals surface area contributed by atoms with Crippen molar-refractivity contribution < 1.29 is 32.6 Å². The van der Waals surface area contributed by atoms with E-state index in [1.807, 2.05) is 5.32 Å². The fourth-order valence-electron chi connectivity index (χ4n) is 2.37. The Bertz CT molecular complexity index is 642. The molecule has 0 spiro atoms. The Balaban J connectivity index is 1.96. The standard InChI is InChI=1S/C12H9F3N2O4/c13-12(14,15)11(18)16-7-3-8(17-19)6-2-10-9(1-5(6)7)20-4-21-10/h1-2,7,19H,3-4H2,(H,16,18)/t7-/m1/s1. The van der Waals surface area contributed by atoms with Crippen LogP contribution in [0.2, 0.25) is 0 Å². The van der Waals surface area contributed by atoms with Gasteiger partial charge in [-0.25, -0.2) is 0 Å². The lowest BCUT2D eigenvalue weighted by Gasteiger charge is -2.15. The predicted molar refractivity (Wildman–Crippen MR) is 62.4 cm³/mol. The number of carbonyl (C=O) groups is 1. The van der Waals surface area contributed by atoms with Crippen LogP contribution in [0.25, 0.3) is 0 Å². The average molecular weight is 302 g/mol. The predicted octanol–water partition coefficient (Wildman–Crippen LogP) is 1.72. The summed E-state index contributed by atoms with van der Waals surface area (Å²) in [6.07, 6.45) is -5.02.